The molecule has 0 bridgehead atoms. The minimum Gasteiger partial charge on any atom is -0.466 e. The van der Waals surface area contributed by atoms with Crippen molar-refractivity contribution in [1.82, 2.24) is 25.4 Å². The minimum atomic E-state index is -1.16. The lowest BCUT2D eigenvalue weighted by molar-refractivity contribution is 0.0436. The molecule has 0 fully saturated rings. The third kappa shape index (κ3) is 4.76. The van der Waals surface area contributed by atoms with Crippen LogP contribution in [-0.4, -0.2) is 38.9 Å². The van der Waals surface area contributed by atoms with Crippen LogP contribution in [0.25, 0.3) is 0 Å². The number of furan rings is 1. The van der Waals surface area contributed by atoms with Crippen molar-refractivity contribution in [2.75, 3.05) is 13.1 Å². The number of halogens is 1. The first-order valence-corrected chi connectivity index (χ1v) is 8.72. The van der Waals surface area contributed by atoms with Crippen LogP contribution in [0.3, 0.4) is 0 Å². The monoisotopic (exact) mass is 474 g/mol. The number of nitrogens with zero attached hydrogens (tertiary/aromatic N) is 4. The summed E-state index contributed by atoms with van der Waals surface area (Å²) in [7, 11) is 0. The summed E-state index contributed by atoms with van der Waals surface area (Å²) in [4.78, 5) is 9.08. The lowest BCUT2D eigenvalue weighted by Crippen LogP contribution is -2.42. The van der Waals surface area contributed by atoms with E-state index in [2.05, 4.69) is 25.7 Å². The van der Waals surface area contributed by atoms with Crippen molar-refractivity contribution in [3.05, 3.63) is 35.8 Å². The van der Waals surface area contributed by atoms with Crippen molar-refractivity contribution in [1.29, 1.82) is 0 Å². The zero-order valence-corrected chi connectivity index (χ0v) is 17.7. The van der Waals surface area contributed by atoms with Gasteiger partial charge >= 0.3 is 0 Å². The first-order valence-electron chi connectivity index (χ1n) is 8.72. The SMILES string of the molecule is CCNC(=NCC(C)(O)c1ccco1)NC1CCCn2nc(C)nc21.I. The summed E-state index contributed by atoms with van der Waals surface area (Å²) in [5.41, 5.74) is -1.16. The zero-order chi connectivity index (χ0) is 17.9. The van der Waals surface area contributed by atoms with E-state index in [1.807, 2.05) is 18.5 Å². The van der Waals surface area contributed by atoms with Crippen molar-refractivity contribution in [2.24, 2.45) is 4.99 Å². The predicted molar refractivity (Wildman–Crippen MR) is 110 cm³/mol. The summed E-state index contributed by atoms with van der Waals surface area (Å²) in [6.07, 6.45) is 3.56. The average Bonchev–Trinajstić information content (AvgIpc) is 3.22. The molecule has 0 spiro atoms. The number of hydrogen-bond donors (Lipinski definition) is 3. The quantitative estimate of drug-likeness (QED) is 0.349. The molecule has 2 aromatic rings. The molecule has 144 valence electrons. The van der Waals surface area contributed by atoms with Crippen molar-refractivity contribution >= 4 is 29.9 Å². The van der Waals surface area contributed by atoms with Crippen LogP contribution in [0.1, 0.15) is 50.1 Å². The van der Waals surface area contributed by atoms with Crippen molar-refractivity contribution in [3.8, 4) is 0 Å². The molecule has 2 atom stereocenters. The summed E-state index contributed by atoms with van der Waals surface area (Å²) < 4.78 is 7.27. The Hall–Kier alpha value is -1.62. The minimum absolute atomic E-state index is 0. The van der Waals surface area contributed by atoms with E-state index in [0.717, 1.165) is 37.6 Å². The number of hydrogen-bond acceptors (Lipinski definition) is 5. The van der Waals surface area contributed by atoms with Gasteiger partial charge in [0, 0.05) is 13.1 Å². The van der Waals surface area contributed by atoms with Crippen LogP contribution >= 0.6 is 24.0 Å². The molecule has 9 heteroatoms. The fourth-order valence-corrected chi connectivity index (χ4v) is 2.99. The maximum atomic E-state index is 10.6. The molecular formula is C17H27IN6O2. The van der Waals surface area contributed by atoms with Gasteiger partial charge in [0.15, 0.2) is 5.96 Å². The van der Waals surface area contributed by atoms with E-state index in [-0.39, 0.29) is 36.6 Å². The number of nitrogens with one attached hydrogen (secondary N) is 2. The molecule has 0 saturated carbocycles. The van der Waals surface area contributed by atoms with E-state index in [9.17, 15) is 5.11 Å². The van der Waals surface area contributed by atoms with Crippen LogP contribution in [0.5, 0.6) is 0 Å². The second-order valence-corrected chi connectivity index (χ2v) is 6.53. The van der Waals surface area contributed by atoms with E-state index in [0.29, 0.717) is 11.7 Å². The van der Waals surface area contributed by atoms with Gasteiger partial charge in [0.05, 0.1) is 18.8 Å². The Balaban J connectivity index is 0.00000243. The largest absolute Gasteiger partial charge is 0.466 e. The van der Waals surface area contributed by atoms with E-state index in [4.69, 9.17) is 4.42 Å². The molecular weight excluding hydrogens is 447 g/mol. The Morgan fingerprint density at radius 1 is 1.54 bits per heavy atom. The van der Waals surface area contributed by atoms with Crippen LogP contribution in [0.15, 0.2) is 27.8 Å². The maximum Gasteiger partial charge on any atom is 0.191 e. The standard InChI is InChI=1S/C17H26N6O2.HI/c1-4-18-16(19-11-17(3,24)14-8-6-10-25-14)21-13-7-5-9-23-15(13)20-12(2)22-23;/h6,8,10,13,24H,4-5,7,9,11H2,1-3H3,(H2,18,19,21);1H. The molecule has 0 radical (unpaired) electrons. The third-order valence-electron chi connectivity index (χ3n) is 4.23. The van der Waals surface area contributed by atoms with Crippen molar-refractivity contribution < 1.29 is 9.52 Å². The number of fused-ring (bicyclic) bond motifs is 1. The fraction of sp³-hybridized carbons (Fsp3) is 0.588. The van der Waals surface area contributed by atoms with Gasteiger partial charge in [-0.05, 0) is 45.7 Å². The average molecular weight is 474 g/mol. The second-order valence-electron chi connectivity index (χ2n) is 6.53. The van der Waals surface area contributed by atoms with Gasteiger partial charge in [-0.2, -0.15) is 5.10 Å². The molecule has 0 amide bonds. The Bertz CT molecular complexity index is 726. The molecule has 8 nitrogen and oxygen atoms in total. The lowest BCUT2D eigenvalue weighted by Gasteiger charge is -2.25. The molecule has 3 N–H and O–H groups in total. The fourth-order valence-electron chi connectivity index (χ4n) is 2.99. The van der Waals surface area contributed by atoms with Gasteiger partial charge in [-0.3, -0.25) is 0 Å². The maximum absolute atomic E-state index is 10.6. The van der Waals surface area contributed by atoms with Crippen LogP contribution in [0, 0.1) is 6.92 Å². The Labute approximate surface area is 170 Å². The van der Waals surface area contributed by atoms with Crippen LogP contribution < -0.4 is 10.6 Å². The smallest absolute Gasteiger partial charge is 0.191 e. The summed E-state index contributed by atoms with van der Waals surface area (Å²) in [5.74, 6) is 2.87. The number of aromatic nitrogens is 3. The number of rotatable bonds is 5. The molecule has 26 heavy (non-hydrogen) atoms. The topological polar surface area (TPSA) is 100 Å². The van der Waals surface area contributed by atoms with Gasteiger partial charge in [0.1, 0.15) is 23.0 Å². The molecule has 3 rings (SSSR count). The van der Waals surface area contributed by atoms with Crippen LogP contribution in [0.4, 0.5) is 0 Å². The van der Waals surface area contributed by atoms with E-state index >= 15 is 0 Å². The Kier molecular flexibility index (Phi) is 7.04. The Morgan fingerprint density at radius 3 is 3.04 bits per heavy atom. The third-order valence-corrected chi connectivity index (χ3v) is 4.23. The highest BCUT2D eigenvalue weighted by atomic mass is 127. The molecule has 1 aliphatic rings. The van der Waals surface area contributed by atoms with Gasteiger partial charge in [-0.1, -0.05) is 0 Å². The highest BCUT2D eigenvalue weighted by Gasteiger charge is 2.27. The van der Waals surface area contributed by atoms with Gasteiger partial charge in [-0.15, -0.1) is 24.0 Å². The van der Waals surface area contributed by atoms with Gasteiger partial charge < -0.3 is 20.2 Å². The highest BCUT2D eigenvalue weighted by Crippen LogP contribution is 2.23. The van der Waals surface area contributed by atoms with Gasteiger partial charge in [0.2, 0.25) is 0 Å². The highest BCUT2D eigenvalue weighted by molar-refractivity contribution is 14.0. The molecule has 0 aromatic carbocycles. The normalized spacial score (nSPS) is 19.2. The first kappa shape index (κ1) is 20.7. The van der Waals surface area contributed by atoms with E-state index < -0.39 is 5.60 Å². The molecule has 1 aliphatic heterocycles. The van der Waals surface area contributed by atoms with Crippen LogP contribution in [-0.2, 0) is 12.1 Å². The van der Waals surface area contributed by atoms with Gasteiger partial charge in [0.25, 0.3) is 0 Å². The lowest BCUT2D eigenvalue weighted by atomic mass is 10.0. The van der Waals surface area contributed by atoms with Crippen molar-refractivity contribution in [2.45, 2.75) is 51.8 Å². The summed E-state index contributed by atoms with van der Waals surface area (Å²) in [6, 6.07) is 3.57. The van der Waals surface area contributed by atoms with Crippen molar-refractivity contribution in [3.63, 3.8) is 0 Å². The van der Waals surface area contributed by atoms with Crippen LogP contribution in [0.2, 0.25) is 0 Å². The first-order chi connectivity index (χ1) is 12.0. The molecule has 3 heterocycles. The number of aliphatic imine (C=N–C) groups is 1. The predicted octanol–water partition coefficient (Wildman–Crippen LogP) is 2.10. The number of aryl methyl sites for hydroxylation is 2. The summed E-state index contributed by atoms with van der Waals surface area (Å²) in [5, 5.41) is 21.6. The molecule has 2 unspecified atom stereocenters. The molecule has 0 saturated heterocycles. The zero-order valence-electron chi connectivity index (χ0n) is 15.4. The molecule has 0 aliphatic carbocycles. The Morgan fingerprint density at radius 2 is 2.35 bits per heavy atom. The summed E-state index contributed by atoms with van der Waals surface area (Å²) in [6.45, 7) is 7.42. The molecule has 2 aromatic heterocycles. The number of aliphatic hydroxyl groups is 1. The number of guanidine groups is 1. The van der Waals surface area contributed by atoms with E-state index in [1.54, 1.807) is 25.3 Å². The van der Waals surface area contributed by atoms with Gasteiger partial charge in [-0.25, -0.2) is 14.7 Å². The summed E-state index contributed by atoms with van der Waals surface area (Å²) >= 11 is 0. The van der Waals surface area contributed by atoms with E-state index in [1.165, 1.54) is 0 Å². The second kappa shape index (κ2) is 8.85.